The molecular weight excluding hydrogens is 447 g/mol. The van der Waals surface area contributed by atoms with Crippen LogP contribution in [0.5, 0.6) is 5.75 Å². The highest BCUT2D eigenvalue weighted by molar-refractivity contribution is 8.26. The molecule has 0 fully saturated rings. The second-order valence-corrected chi connectivity index (χ2v) is 7.99. The van der Waals surface area contributed by atoms with Crippen LogP contribution in [0.4, 0.5) is 4.39 Å². The van der Waals surface area contributed by atoms with Crippen LogP contribution in [0, 0.1) is 16.6 Å². The number of hydrogen-bond acceptors (Lipinski definition) is 7. The predicted molar refractivity (Wildman–Crippen MR) is 126 cm³/mol. The molecule has 3 rings (SSSR count). The predicted octanol–water partition coefficient (Wildman–Crippen LogP) is 3.72. The van der Waals surface area contributed by atoms with E-state index in [-0.39, 0.29) is 34.5 Å². The Morgan fingerprint density at radius 3 is 2.39 bits per heavy atom. The summed E-state index contributed by atoms with van der Waals surface area (Å²) in [6, 6.07) is 14.6. The number of ether oxygens (including phenoxy) is 1. The first-order valence-corrected chi connectivity index (χ1v) is 10.6. The highest BCUT2D eigenvalue weighted by Gasteiger charge is 2.25. The molecule has 0 saturated heterocycles. The maximum Gasteiger partial charge on any atom is 0.358 e. The van der Waals surface area contributed by atoms with Crippen molar-refractivity contribution < 1.29 is 19.0 Å². The van der Waals surface area contributed by atoms with E-state index < -0.39 is 22.8 Å². The number of carboxylic acid groups (broad SMARTS) is 1. The molecule has 4 N–H and O–H groups in total. The Balaban J connectivity index is 1.89. The zero-order valence-electron chi connectivity index (χ0n) is 17.6. The molecule has 0 bridgehead atoms. The van der Waals surface area contributed by atoms with Crippen molar-refractivity contribution in [2.75, 3.05) is 12.5 Å². The minimum Gasteiger partial charge on any atom is -0.482 e. The zero-order valence-corrected chi connectivity index (χ0v) is 18.4. The van der Waals surface area contributed by atoms with Gasteiger partial charge in [-0.15, -0.1) is 0 Å². The van der Waals surface area contributed by atoms with Crippen LogP contribution in [-0.2, 0) is 13.0 Å². The Kier molecular flexibility index (Phi) is 7.62. The molecule has 33 heavy (non-hydrogen) atoms. The molecule has 0 atom stereocenters. The van der Waals surface area contributed by atoms with Crippen molar-refractivity contribution in [2.45, 2.75) is 13.0 Å². The SMILES string of the molecule is CNn1cc(C(=N)SC(=N)Cc2ccc(F)cc2)c(=O)c(OCc2ccccc2)c1C(=O)O. The third-order valence-corrected chi connectivity index (χ3v) is 5.40. The number of carbonyl (C=O) groups is 1. The van der Waals surface area contributed by atoms with Crippen LogP contribution in [-0.4, -0.2) is 32.9 Å². The van der Waals surface area contributed by atoms with E-state index in [9.17, 15) is 19.1 Å². The van der Waals surface area contributed by atoms with Gasteiger partial charge in [0.05, 0.1) is 10.6 Å². The van der Waals surface area contributed by atoms with E-state index in [4.69, 9.17) is 15.6 Å². The Hall–Kier alpha value is -3.92. The van der Waals surface area contributed by atoms with Crippen molar-refractivity contribution in [3.63, 3.8) is 0 Å². The summed E-state index contributed by atoms with van der Waals surface area (Å²) in [5.41, 5.74) is 2.79. The van der Waals surface area contributed by atoms with Gasteiger partial charge in [-0.3, -0.25) is 20.3 Å². The lowest BCUT2D eigenvalue weighted by Crippen LogP contribution is -2.28. The number of rotatable bonds is 8. The van der Waals surface area contributed by atoms with E-state index in [1.807, 2.05) is 6.07 Å². The summed E-state index contributed by atoms with van der Waals surface area (Å²) in [5.74, 6) is -2.17. The standard InChI is InChI=1S/C23H21FN4O4S/c1-27-28-12-17(22(26)33-18(25)11-14-7-9-16(24)10-8-14)20(29)21(19(28)23(30)31)32-13-15-5-3-2-4-6-15/h2-10,12,25-27H,11,13H2,1H3,(H,30,31). The van der Waals surface area contributed by atoms with Crippen molar-refractivity contribution in [1.29, 1.82) is 10.8 Å². The van der Waals surface area contributed by atoms with Gasteiger partial charge < -0.3 is 15.3 Å². The third kappa shape index (κ3) is 5.86. The minimum absolute atomic E-state index is 0.0373. The summed E-state index contributed by atoms with van der Waals surface area (Å²) < 4.78 is 19.8. The number of aromatic carboxylic acids is 1. The van der Waals surface area contributed by atoms with E-state index >= 15 is 0 Å². The van der Waals surface area contributed by atoms with Crippen molar-refractivity contribution in [3.8, 4) is 5.75 Å². The number of hydrogen-bond donors (Lipinski definition) is 4. The molecule has 10 heteroatoms. The van der Waals surface area contributed by atoms with Crippen LogP contribution >= 0.6 is 11.8 Å². The lowest BCUT2D eigenvalue weighted by atomic mass is 10.2. The fourth-order valence-corrected chi connectivity index (χ4v) is 3.74. The first-order valence-electron chi connectivity index (χ1n) is 9.76. The van der Waals surface area contributed by atoms with E-state index in [0.717, 1.165) is 22.0 Å². The molecule has 3 aromatic rings. The largest absolute Gasteiger partial charge is 0.482 e. The number of pyridine rings is 1. The minimum atomic E-state index is -1.38. The van der Waals surface area contributed by atoms with Crippen molar-refractivity contribution in [1.82, 2.24) is 4.68 Å². The Morgan fingerprint density at radius 1 is 1.12 bits per heavy atom. The number of benzene rings is 2. The summed E-state index contributed by atoms with van der Waals surface area (Å²) in [4.78, 5) is 25.0. The van der Waals surface area contributed by atoms with Crippen LogP contribution in [0.15, 0.2) is 65.6 Å². The maximum absolute atomic E-state index is 13.1. The number of aromatic nitrogens is 1. The summed E-state index contributed by atoms with van der Waals surface area (Å²) >= 11 is 0.751. The van der Waals surface area contributed by atoms with Crippen LogP contribution in [0.3, 0.4) is 0 Å². The van der Waals surface area contributed by atoms with Crippen molar-refractivity contribution >= 4 is 27.8 Å². The molecule has 0 saturated carbocycles. The Morgan fingerprint density at radius 2 is 1.79 bits per heavy atom. The van der Waals surface area contributed by atoms with Crippen LogP contribution in [0.25, 0.3) is 0 Å². The van der Waals surface area contributed by atoms with Crippen molar-refractivity contribution in [2.24, 2.45) is 0 Å². The number of carboxylic acids is 1. The van der Waals surface area contributed by atoms with Gasteiger partial charge in [-0.05, 0) is 23.3 Å². The average Bonchev–Trinajstić information content (AvgIpc) is 2.79. The molecule has 1 heterocycles. The first-order chi connectivity index (χ1) is 15.8. The molecule has 170 valence electrons. The highest BCUT2D eigenvalue weighted by Crippen LogP contribution is 2.20. The molecule has 0 aliphatic rings. The Labute approximate surface area is 193 Å². The molecule has 2 aromatic carbocycles. The van der Waals surface area contributed by atoms with Gasteiger partial charge in [0.2, 0.25) is 11.2 Å². The van der Waals surface area contributed by atoms with Crippen LogP contribution < -0.4 is 15.6 Å². The van der Waals surface area contributed by atoms with Gasteiger partial charge in [0.15, 0.2) is 5.69 Å². The fourth-order valence-electron chi connectivity index (χ4n) is 3.00. The molecular formula is C23H21FN4O4S. The van der Waals surface area contributed by atoms with Gasteiger partial charge in [0, 0.05) is 19.7 Å². The molecule has 8 nitrogen and oxygen atoms in total. The van der Waals surface area contributed by atoms with Crippen LogP contribution in [0.2, 0.25) is 0 Å². The van der Waals surface area contributed by atoms with E-state index in [0.29, 0.717) is 5.56 Å². The molecule has 0 amide bonds. The van der Waals surface area contributed by atoms with Gasteiger partial charge >= 0.3 is 5.97 Å². The fraction of sp³-hybridized carbons (Fsp3) is 0.130. The summed E-state index contributed by atoms with van der Waals surface area (Å²) in [5, 5.41) is 26.0. The maximum atomic E-state index is 13.1. The molecule has 1 aromatic heterocycles. The van der Waals surface area contributed by atoms with E-state index in [2.05, 4.69) is 5.43 Å². The smallest absolute Gasteiger partial charge is 0.358 e. The summed E-state index contributed by atoms with van der Waals surface area (Å²) in [6.45, 7) is -0.0373. The van der Waals surface area contributed by atoms with Gasteiger partial charge in [-0.25, -0.2) is 9.18 Å². The zero-order chi connectivity index (χ0) is 24.0. The average molecular weight is 469 g/mol. The lowest BCUT2D eigenvalue weighted by Gasteiger charge is -2.17. The van der Waals surface area contributed by atoms with Gasteiger partial charge in [-0.2, -0.15) is 0 Å². The topological polar surface area (TPSA) is 128 Å². The van der Waals surface area contributed by atoms with Gasteiger partial charge in [0.1, 0.15) is 17.5 Å². The Bertz CT molecular complexity index is 1240. The lowest BCUT2D eigenvalue weighted by molar-refractivity contribution is 0.0679. The molecule has 0 aliphatic carbocycles. The molecule has 0 spiro atoms. The molecule has 0 radical (unpaired) electrons. The summed E-state index contributed by atoms with van der Waals surface area (Å²) in [7, 11) is 1.47. The monoisotopic (exact) mass is 468 g/mol. The van der Waals surface area contributed by atoms with E-state index in [1.54, 1.807) is 36.4 Å². The number of nitrogens with zero attached hydrogens (tertiary/aromatic N) is 1. The second-order valence-electron chi connectivity index (χ2n) is 6.88. The van der Waals surface area contributed by atoms with Gasteiger partial charge in [0.25, 0.3) is 0 Å². The van der Waals surface area contributed by atoms with Crippen LogP contribution in [0.1, 0.15) is 27.2 Å². The van der Waals surface area contributed by atoms with Gasteiger partial charge in [-0.1, -0.05) is 54.2 Å². The van der Waals surface area contributed by atoms with E-state index in [1.165, 1.54) is 25.4 Å². The number of halogens is 1. The molecule has 0 unspecified atom stereocenters. The number of thioether (sulfide) groups is 1. The number of nitrogens with one attached hydrogen (secondary N) is 3. The molecule has 0 aliphatic heterocycles. The van der Waals surface area contributed by atoms with Crippen molar-refractivity contribution in [3.05, 3.63) is 99.2 Å². The highest BCUT2D eigenvalue weighted by atomic mass is 32.2. The normalized spacial score (nSPS) is 10.5. The first kappa shape index (κ1) is 23.7. The third-order valence-electron chi connectivity index (χ3n) is 4.58. The quantitative estimate of drug-likeness (QED) is 0.295. The summed E-state index contributed by atoms with van der Waals surface area (Å²) in [6.07, 6.45) is 1.35. The second kappa shape index (κ2) is 10.6.